The maximum Gasteiger partial charge on any atom is 0.320 e. The second kappa shape index (κ2) is 7.50. The molecule has 5 heteroatoms. The molecular formula is C15H26N2O3. The van der Waals surface area contributed by atoms with Crippen molar-refractivity contribution in [1.82, 2.24) is 9.80 Å². The van der Waals surface area contributed by atoms with Crippen molar-refractivity contribution in [3.63, 3.8) is 0 Å². The summed E-state index contributed by atoms with van der Waals surface area (Å²) in [5.74, 6) is -0.803. The first-order valence-electron chi connectivity index (χ1n) is 7.96. The van der Waals surface area contributed by atoms with Crippen LogP contribution in [0.25, 0.3) is 0 Å². The molecule has 0 aromatic carbocycles. The molecule has 0 aromatic heterocycles. The summed E-state index contributed by atoms with van der Waals surface area (Å²) in [6, 6.07) is -0.0444. The largest absolute Gasteiger partial charge is 0.481 e. The first kappa shape index (κ1) is 15.1. The van der Waals surface area contributed by atoms with Crippen LogP contribution in [0.2, 0.25) is 0 Å². The molecular weight excluding hydrogens is 256 g/mol. The molecule has 0 aromatic rings. The van der Waals surface area contributed by atoms with Gasteiger partial charge in [-0.15, -0.1) is 0 Å². The van der Waals surface area contributed by atoms with Gasteiger partial charge in [-0.3, -0.25) is 4.79 Å². The zero-order valence-electron chi connectivity index (χ0n) is 12.2. The van der Waals surface area contributed by atoms with E-state index >= 15 is 0 Å². The number of hydrogen-bond acceptors (Lipinski definition) is 2. The summed E-state index contributed by atoms with van der Waals surface area (Å²) in [5, 5.41) is 9.01. The number of rotatable bonds is 2. The number of piperidine rings is 1. The molecule has 2 saturated heterocycles. The molecule has 5 nitrogen and oxygen atoms in total. The average Bonchev–Trinajstić information content (AvgIpc) is 2.37. The van der Waals surface area contributed by atoms with Crippen LogP contribution in [0.3, 0.4) is 0 Å². The van der Waals surface area contributed by atoms with Crippen LogP contribution in [0.1, 0.15) is 57.8 Å². The minimum Gasteiger partial charge on any atom is -0.481 e. The highest BCUT2D eigenvalue weighted by Crippen LogP contribution is 2.22. The highest BCUT2D eigenvalue weighted by atomic mass is 16.4. The van der Waals surface area contributed by atoms with Crippen LogP contribution in [0.5, 0.6) is 0 Å². The molecule has 1 atom stereocenters. The summed E-state index contributed by atoms with van der Waals surface area (Å²) < 4.78 is 0. The molecule has 2 amide bonds. The number of amides is 2. The maximum absolute atomic E-state index is 12.7. The first-order valence-corrected chi connectivity index (χ1v) is 7.96. The van der Waals surface area contributed by atoms with Gasteiger partial charge in [-0.2, -0.15) is 0 Å². The van der Waals surface area contributed by atoms with Gasteiger partial charge >= 0.3 is 12.0 Å². The van der Waals surface area contributed by atoms with Gasteiger partial charge in [0, 0.05) is 25.7 Å². The summed E-state index contributed by atoms with van der Waals surface area (Å²) in [6.07, 6.45) is 8.74. The van der Waals surface area contributed by atoms with E-state index in [2.05, 4.69) is 0 Å². The quantitative estimate of drug-likeness (QED) is 0.847. The molecule has 1 unspecified atom stereocenters. The first-order chi connectivity index (χ1) is 9.68. The number of urea groups is 1. The predicted molar refractivity (Wildman–Crippen MR) is 76.7 cm³/mol. The Kier molecular flexibility index (Phi) is 5.68. The van der Waals surface area contributed by atoms with Crippen molar-refractivity contribution in [3.8, 4) is 0 Å². The number of carbonyl (C=O) groups is 2. The number of carbonyl (C=O) groups excluding carboxylic acids is 1. The second-order valence-corrected chi connectivity index (χ2v) is 5.98. The van der Waals surface area contributed by atoms with Crippen LogP contribution in [-0.2, 0) is 4.79 Å². The highest BCUT2D eigenvalue weighted by Gasteiger charge is 2.31. The van der Waals surface area contributed by atoms with E-state index in [1.165, 1.54) is 19.3 Å². The molecule has 2 heterocycles. The summed E-state index contributed by atoms with van der Waals surface area (Å²) in [5.41, 5.74) is 0. The van der Waals surface area contributed by atoms with Crippen LogP contribution in [-0.4, -0.2) is 52.6 Å². The number of carboxylic acids is 1. The Morgan fingerprint density at radius 1 is 0.900 bits per heavy atom. The van der Waals surface area contributed by atoms with Crippen molar-refractivity contribution in [1.29, 1.82) is 0 Å². The lowest BCUT2D eigenvalue weighted by atomic mass is 9.99. The fraction of sp³-hybridized carbons (Fsp3) is 0.867. The molecule has 1 N–H and O–H groups in total. The second-order valence-electron chi connectivity index (χ2n) is 5.98. The fourth-order valence-electron chi connectivity index (χ4n) is 3.29. The SMILES string of the molecule is O=C(O)CC1CCCCN1C(=O)N1CCCCCCC1. The van der Waals surface area contributed by atoms with E-state index < -0.39 is 5.97 Å². The van der Waals surface area contributed by atoms with Gasteiger partial charge in [-0.25, -0.2) is 4.79 Å². The lowest BCUT2D eigenvalue weighted by Crippen LogP contribution is -2.51. The monoisotopic (exact) mass is 282 g/mol. The molecule has 2 fully saturated rings. The zero-order valence-corrected chi connectivity index (χ0v) is 12.2. The molecule has 2 aliphatic rings. The predicted octanol–water partition coefficient (Wildman–Crippen LogP) is 2.70. The van der Waals surface area contributed by atoms with Gasteiger partial charge in [-0.05, 0) is 32.1 Å². The lowest BCUT2D eigenvalue weighted by molar-refractivity contribution is -0.138. The van der Waals surface area contributed by atoms with Gasteiger partial charge in [0.15, 0.2) is 0 Å². The Morgan fingerprint density at radius 3 is 2.15 bits per heavy atom. The van der Waals surface area contributed by atoms with Gasteiger partial charge in [0.2, 0.25) is 0 Å². The Balaban J connectivity index is 1.98. The van der Waals surface area contributed by atoms with Crippen molar-refractivity contribution in [2.24, 2.45) is 0 Å². The zero-order chi connectivity index (χ0) is 14.4. The van der Waals surface area contributed by atoms with E-state index in [1.54, 1.807) is 0 Å². The number of nitrogens with zero attached hydrogens (tertiary/aromatic N) is 2. The van der Waals surface area contributed by atoms with Crippen molar-refractivity contribution in [2.45, 2.75) is 63.8 Å². The Bertz CT molecular complexity index is 338. The molecule has 0 spiro atoms. The van der Waals surface area contributed by atoms with Crippen molar-refractivity contribution in [2.75, 3.05) is 19.6 Å². The number of hydrogen-bond donors (Lipinski definition) is 1. The third kappa shape index (κ3) is 4.12. The summed E-state index contributed by atoms with van der Waals surface area (Å²) >= 11 is 0. The molecule has 0 radical (unpaired) electrons. The van der Waals surface area contributed by atoms with Crippen molar-refractivity contribution >= 4 is 12.0 Å². The standard InChI is InChI=1S/C15H26N2O3/c18-14(19)12-13-8-4-7-11-17(13)15(20)16-9-5-2-1-3-6-10-16/h13H,1-12H2,(H,18,19). The topological polar surface area (TPSA) is 60.9 Å². The van der Waals surface area contributed by atoms with Crippen LogP contribution in [0.15, 0.2) is 0 Å². The summed E-state index contributed by atoms with van der Waals surface area (Å²) in [7, 11) is 0. The van der Waals surface area contributed by atoms with Gasteiger partial charge < -0.3 is 14.9 Å². The van der Waals surface area contributed by atoms with Gasteiger partial charge in [-0.1, -0.05) is 19.3 Å². The van der Waals surface area contributed by atoms with Gasteiger partial charge in [0.1, 0.15) is 0 Å². The van der Waals surface area contributed by atoms with Crippen LogP contribution >= 0.6 is 0 Å². The minimum absolute atomic E-state index is 0.0675. The van der Waals surface area contributed by atoms with E-state index in [0.717, 1.165) is 45.2 Å². The molecule has 0 saturated carbocycles. The Morgan fingerprint density at radius 2 is 1.50 bits per heavy atom. The van der Waals surface area contributed by atoms with Crippen molar-refractivity contribution < 1.29 is 14.7 Å². The third-order valence-electron chi connectivity index (χ3n) is 4.41. The van der Waals surface area contributed by atoms with E-state index in [-0.39, 0.29) is 18.5 Å². The number of aliphatic carboxylic acids is 1. The number of likely N-dealkylation sites (tertiary alicyclic amines) is 2. The van der Waals surface area contributed by atoms with Crippen LogP contribution in [0, 0.1) is 0 Å². The Hall–Kier alpha value is -1.26. The van der Waals surface area contributed by atoms with Crippen molar-refractivity contribution in [3.05, 3.63) is 0 Å². The molecule has 0 aliphatic carbocycles. The van der Waals surface area contributed by atoms with Crippen LogP contribution in [0.4, 0.5) is 4.79 Å². The van der Waals surface area contributed by atoms with E-state index in [0.29, 0.717) is 6.54 Å². The highest BCUT2D eigenvalue weighted by molar-refractivity contribution is 5.76. The van der Waals surface area contributed by atoms with E-state index in [4.69, 9.17) is 5.11 Å². The molecule has 20 heavy (non-hydrogen) atoms. The van der Waals surface area contributed by atoms with Gasteiger partial charge in [0.05, 0.1) is 6.42 Å². The fourth-order valence-corrected chi connectivity index (χ4v) is 3.29. The maximum atomic E-state index is 12.7. The lowest BCUT2D eigenvalue weighted by Gasteiger charge is -2.39. The smallest absolute Gasteiger partial charge is 0.320 e. The molecule has 114 valence electrons. The summed E-state index contributed by atoms with van der Waals surface area (Å²) in [4.78, 5) is 27.4. The normalized spacial score (nSPS) is 24.9. The van der Waals surface area contributed by atoms with E-state index in [9.17, 15) is 9.59 Å². The van der Waals surface area contributed by atoms with Crippen LogP contribution < -0.4 is 0 Å². The minimum atomic E-state index is -0.803. The molecule has 2 rings (SSSR count). The van der Waals surface area contributed by atoms with Gasteiger partial charge in [0.25, 0.3) is 0 Å². The third-order valence-corrected chi connectivity index (χ3v) is 4.41. The molecule has 0 bridgehead atoms. The number of carboxylic acid groups (broad SMARTS) is 1. The average molecular weight is 282 g/mol. The Labute approximate surface area is 120 Å². The summed E-state index contributed by atoms with van der Waals surface area (Å²) in [6.45, 7) is 2.37. The van der Waals surface area contributed by atoms with E-state index in [1.807, 2.05) is 9.80 Å². The molecule has 2 aliphatic heterocycles.